The molecule has 142 valence electrons. The second-order valence-electron chi connectivity index (χ2n) is 5.84. The smallest absolute Gasteiger partial charge is 0.251 e. The Morgan fingerprint density at radius 1 is 1.11 bits per heavy atom. The van der Waals surface area contributed by atoms with Crippen molar-refractivity contribution in [1.29, 1.82) is 0 Å². The van der Waals surface area contributed by atoms with Gasteiger partial charge in [0.25, 0.3) is 5.91 Å². The fraction of sp³-hybridized carbons (Fsp3) is 0.105. The van der Waals surface area contributed by atoms with Gasteiger partial charge in [0.2, 0.25) is 12.7 Å². The quantitative estimate of drug-likeness (QED) is 0.688. The fourth-order valence-electron chi connectivity index (χ4n) is 2.55. The normalized spacial score (nSPS) is 11.9. The lowest BCUT2D eigenvalue weighted by molar-refractivity contribution is -0.115. The van der Waals surface area contributed by atoms with Crippen molar-refractivity contribution in [2.45, 2.75) is 0 Å². The van der Waals surface area contributed by atoms with Gasteiger partial charge in [-0.3, -0.25) is 9.59 Å². The molecule has 2 heterocycles. The number of ether oxygens (including phenoxy) is 2. The minimum absolute atomic E-state index is 0.122. The average molecular weight is 399 g/mol. The number of thiazole rings is 1. The third kappa shape index (κ3) is 3.94. The number of aromatic nitrogens is 1. The van der Waals surface area contributed by atoms with E-state index in [2.05, 4.69) is 15.6 Å². The summed E-state index contributed by atoms with van der Waals surface area (Å²) in [6.07, 6.45) is 0. The van der Waals surface area contributed by atoms with Gasteiger partial charge in [-0.15, -0.1) is 11.3 Å². The van der Waals surface area contributed by atoms with Crippen molar-refractivity contribution >= 4 is 28.3 Å². The summed E-state index contributed by atoms with van der Waals surface area (Å²) >= 11 is 1.24. The largest absolute Gasteiger partial charge is 0.454 e. The van der Waals surface area contributed by atoms with Crippen molar-refractivity contribution in [2.24, 2.45) is 0 Å². The summed E-state index contributed by atoms with van der Waals surface area (Å²) in [4.78, 5) is 28.6. The van der Waals surface area contributed by atoms with E-state index in [4.69, 9.17) is 9.47 Å². The van der Waals surface area contributed by atoms with Gasteiger partial charge < -0.3 is 20.1 Å². The first-order valence-corrected chi connectivity index (χ1v) is 9.15. The highest BCUT2D eigenvalue weighted by molar-refractivity contribution is 7.14. The van der Waals surface area contributed by atoms with Crippen molar-refractivity contribution in [3.63, 3.8) is 0 Å². The lowest BCUT2D eigenvalue weighted by atomic mass is 10.2. The van der Waals surface area contributed by atoms with E-state index in [9.17, 15) is 14.0 Å². The molecule has 0 spiro atoms. The van der Waals surface area contributed by atoms with Gasteiger partial charge in [0.15, 0.2) is 16.6 Å². The van der Waals surface area contributed by atoms with Gasteiger partial charge >= 0.3 is 0 Å². The van der Waals surface area contributed by atoms with E-state index in [1.807, 2.05) is 0 Å². The maximum atomic E-state index is 13.0. The Balaban J connectivity index is 1.32. The van der Waals surface area contributed by atoms with Crippen molar-refractivity contribution in [1.82, 2.24) is 10.3 Å². The zero-order chi connectivity index (χ0) is 19.5. The number of carbonyl (C=O) groups excluding carboxylic acids is 2. The highest BCUT2D eigenvalue weighted by Crippen LogP contribution is 2.32. The van der Waals surface area contributed by atoms with Crippen molar-refractivity contribution in [2.75, 3.05) is 18.7 Å². The first kappa shape index (κ1) is 17.9. The molecule has 0 bridgehead atoms. The Labute approximate surface area is 163 Å². The van der Waals surface area contributed by atoms with Crippen LogP contribution < -0.4 is 20.1 Å². The predicted octanol–water partition coefficient (Wildman–Crippen LogP) is 3.05. The van der Waals surface area contributed by atoms with Gasteiger partial charge in [-0.1, -0.05) is 0 Å². The first-order chi connectivity index (χ1) is 13.6. The molecule has 2 aromatic carbocycles. The number of rotatable bonds is 5. The molecular weight excluding hydrogens is 385 g/mol. The summed E-state index contributed by atoms with van der Waals surface area (Å²) < 4.78 is 23.4. The number of hydrogen-bond donors (Lipinski definition) is 2. The molecule has 4 rings (SSSR count). The Bertz CT molecular complexity index is 1040. The predicted molar refractivity (Wildman–Crippen MR) is 101 cm³/mol. The van der Waals surface area contributed by atoms with E-state index in [-0.39, 0.29) is 19.2 Å². The maximum absolute atomic E-state index is 13.0. The first-order valence-electron chi connectivity index (χ1n) is 8.28. The molecule has 2 N–H and O–H groups in total. The molecular formula is C19H14FN3O4S. The number of anilines is 1. The van der Waals surface area contributed by atoms with Crippen molar-refractivity contribution < 1.29 is 23.5 Å². The van der Waals surface area contributed by atoms with Gasteiger partial charge in [-0.05, 0) is 42.5 Å². The zero-order valence-corrected chi connectivity index (χ0v) is 15.2. The summed E-state index contributed by atoms with van der Waals surface area (Å²) in [5.74, 6) is -0.0670. The van der Waals surface area contributed by atoms with E-state index in [1.165, 1.54) is 23.5 Å². The molecule has 0 aliphatic carbocycles. The third-order valence-corrected chi connectivity index (χ3v) is 4.69. The molecule has 0 saturated carbocycles. The van der Waals surface area contributed by atoms with Gasteiger partial charge in [-0.25, -0.2) is 9.37 Å². The molecule has 9 heteroatoms. The average Bonchev–Trinajstić information content (AvgIpc) is 3.35. The monoisotopic (exact) mass is 399 g/mol. The number of nitrogens with zero attached hydrogens (tertiary/aromatic N) is 1. The molecule has 1 aliphatic rings. The number of hydrogen-bond acceptors (Lipinski definition) is 6. The van der Waals surface area contributed by atoms with Crippen LogP contribution in [0.25, 0.3) is 11.3 Å². The van der Waals surface area contributed by atoms with E-state index >= 15 is 0 Å². The minimum Gasteiger partial charge on any atom is -0.454 e. The number of fused-ring (bicyclic) bond motifs is 1. The molecule has 3 aromatic rings. The van der Waals surface area contributed by atoms with Crippen LogP contribution in [0.4, 0.5) is 9.52 Å². The van der Waals surface area contributed by atoms with Crippen LogP contribution in [0.3, 0.4) is 0 Å². The Hall–Kier alpha value is -3.46. The molecule has 0 fully saturated rings. The van der Waals surface area contributed by atoms with Gasteiger partial charge in [0, 0.05) is 16.5 Å². The van der Waals surface area contributed by atoms with Crippen molar-refractivity contribution in [3.8, 4) is 22.8 Å². The molecule has 2 amide bonds. The summed E-state index contributed by atoms with van der Waals surface area (Å²) in [5.41, 5.74) is 1.74. The van der Waals surface area contributed by atoms with Crippen LogP contribution in [0.1, 0.15) is 10.4 Å². The van der Waals surface area contributed by atoms with E-state index in [1.54, 1.807) is 35.7 Å². The van der Waals surface area contributed by atoms with Gasteiger partial charge in [0.1, 0.15) is 5.82 Å². The standard InChI is InChI=1S/C19H14FN3O4S/c20-13-4-1-11(2-5-13)14-9-28-19(22-14)23-17(24)8-21-18(25)12-3-6-15-16(7-12)27-10-26-15/h1-7,9H,8,10H2,(H,21,25)(H,22,23,24). The van der Waals surface area contributed by atoms with Crippen LogP contribution in [0.5, 0.6) is 11.5 Å². The Morgan fingerprint density at radius 3 is 2.71 bits per heavy atom. The summed E-state index contributed by atoms with van der Waals surface area (Å²) in [6.45, 7) is -0.0880. The van der Waals surface area contributed by atoms with Crippen LogP contribution in [0.15, 0.2) is 47.8 Å². The van der Waals surface area contributed by atoms with E-state index in [0.29, 0.717) is 27.9 Å². The van der Waals surface area contributed by atoms with E-state index in [0.717, 1.165) is 5.56 Å². The van der Waals surface area contributed by atoms with Crippen LogP contribution in [0, 0.1) is 5.82 Å². The lowest BCUT2D eigenvalue weighted by Gasteiger charge is -2.06. The second-order valence-corrected chi connectivity index (χ2v) is 6.70. The lowest BCUT2D eigenvalue weighted by Crippen LogP contribution is -2.32. The molecule has 28 heavy (non-hydrogen) atoms. The van der Waals surface area contributed by atoms with Crippen molar-refractivity contribution in [3.05, 3.63) is 59.2 Å². The summed E-state index contributed by atoms with van der Waals surface area (Å²) in [5, 5.41) is 7.32. The summed E-state index contributed by atoms with van der Waals surface area (Å²) in [6, 6.07) is 10.7. The molecule has 7 nitrogen and oxygen atoms in total. The topological polar surface area (TPSA) is 89.6 Å². The third-order valence-electron chi connectivity index (χ3n) is 3.93. The fourth-order valence-corrected chi connectivity index (χ4v) is 3.28. The molecule has 0 saturated heterocycles. The Morgan fingerprint density at radius 2 is 1.89 bits per heavy atom. The highest BCUT2D eigenvalue weighted by Gasteiger charge is 2.17. The van der Waals surface area contributed by atoms with Gasteiger partial charge in [0.05, 0.1) is 12.2 Å². The SMILES string of the molecule is O=C(CNC(=O)c1ccc2c(c1)OCO2)Nc1nc(-c2ccc(F)cc2)cs1. The van der Waals surface area contributed by atoms with Crippen LogP contribution in [-0.4, -0.2) is 30.1 Å². The Kier molecular flexibility index (Phi) is 4.90. The molecule has 0 radical (unpaired) electrons. The second kappa shape index (κ2) is 7.65. The van der Waals surface area contributed by atoms with Gasteiger partial charge in [-0.2, -0.15) is 0 Å². The van der Waals surface area contributed by atoms with Crippen LogP contribution in [0.2, 0.25) is 0 Å². The van der Waals surface area contributed by atoms with E-state index < -0.39 is 11.8 Å². The van der Waals surface area contributed by atoms with Crippen LogP contribution in [-0.2, 0) is 4.79 Å². The zero-order valence-electron chi connectivity index (χ0n) is 14.4. The maximum Gasteiger partial charge on any atom is 0.251 e. The number of amides is 2. The molecule has 0 unspecified atom stereocenters. The molecule has 0 atom stereocenters. The molecule has 1 aliphatic heterocycles. The van der Waals surface area contributed by atoms with Crippen LogP contribution >= 0.6 is 11.3 Å². The number of halogens is 1. The highest BCUT2D eigenvalue weighted by atomic mass is 32.1. The summed E-state index contributed by atoms with van der Waals surface area (Å²) in [7, 11) is 0. The number of carbonyl (C=O) groups is 2. The minimum atomic E-state index is -0.408. The molecule has 1 aromatic heterocycles. The number of nitrogens with one attached hydrogen (secondary N) is 2. The number of benzene rings is 2.